The lowest BCUT2D eigenvalue weighted by molar-refractivity contribution is 0.212. The summed E-state index contributed by atoms with van der Waals surface area (Å²) in [4.78, 5) is 9.79. The zero-order valence-corrected chi connectivity index (χ0v) is 5.66. The molecule has 0 saturated heterocycles. The zero-order chi connectivity index (χ0) is 6.57. The maximum Gasteiger partial charge on any atom is 0.408 e. The Morgan fingerprint density at radius 2 is 2.12 bits per heavy atom. The summed E-state index contributed by atoms with van der Waals surface area (Å²) in [6, 6.07) is 0. The molecule has 0 aromatic carbocycles. The third kappa shape index (κ3) is 5.79. The highest BCUT2D eigenvalue weighted by atomic mass is 35.5. The Balaban J connectivity index is 3.45. The van der Waals surface area contributed by atoms with Gasteiger partial charge in [-0.25, -0.2) is 4.79 Å². The predicted molar refractivity (Wildman–Crippen MR) is 31.9 cm³/mol. The van der Waals surface area contributed by atoms with Gasteiger partial charge in [0.05, 0.1) is 5.03 Å². The van der Waals surface area contributed by atoms with Crippen LogP contribution in [0.1, 0.15) is 6.92 Å². The molecule has 0 radical (unpaired) electrons. The van der Waals surface area contributed by atoms with Crippen molar-refractivity contribution in [1.29, 1.82) is 0 Å². The SMILES string of the molecule is C/C(Cl)=C\OC(=O)Cl. The number of rotatable bonds is 1. The van der Waals surface area contributed by atoms with Gasteiger partial charge in [-0.3, -0.25) is 0 Å². The average Bonchev–Trinajstić information content (AvgIpc) is 1.61. The van der Waals surface area contributed by atoms with Gasteiger partial charge >= 0.3 is 5.43 Å². The molecule has 0 fully saturated rings. The van der Waals surface area contributed by atoms with Gasteiger partial charge in [0.1, 0.15) is 6.26 Å². The minimum atomic E-state index is -0.884. The number of halogens is 2. The van der Waals surface area contributed by atoms with Crippen molar-refractivity contribution in [2.24, 2.45) is 0 Å². The first-order valence-corrected chi connectivity index (χ1v) is 2.57. The van der Waals surface area contributed by atoms with Gasteiger partial charge in [0.15, 0.2) is 0 Å². The number of allylic oxidation sites excluding steroid dienone is 1. The van der Waals surface area contributed by atoms with Crippen LogP contribution in [0.15, 0.2) is 11.3 Å². The standard InChI is InChI=1S/C4H4Cl2O2/c1-3(5)2-8-4(6)7/h2H,1H3/b3-2+. The lowest BCUT2D eigenvalue weighted by Gasteiger charge is -1.86. The fraction of sp³-hybridized carbons (Fsp3) is 0.250. The first-order valence-electron chi connectivity index (χ1n) is 1.81. The largest absolute Gasteiger partial charge is 0.421 e. The molecule has 0 heterocycles. The highest BCUT2D eigenvalue weighted by Crippen LogP contribution is 1.99. The smallest absolute Gasteiger partial charge is 0.408 e. The van der Waals surface area contributed by atoms with Gasteiger partial charge in [-0.15, -0.1) is 0 Å². The molecule has 0 rings (SSSR count). The number of carbonyl (C=O) groups excluding carboxylic acids is 1. The van der Waals surface area contributed by atoms with Gasteiger partial charge in [0.25, 0.3) is 0 Å². The summed E-state index contributed by atoms with van der Waals surface area (Å²) in [7, 11) is 0. The van der Waals surface area contributed by atoms with Crippen molar-refractivity contribution in [3.05, 3.63) is 11.3 Å². The summed E-state index contributed by atoms with van der Waals surface area (Å²) in [5.41, 5.74) is -0.884. The first-order chi connectivity index (χ1) is 3.63. The Morgan fingerprint density at radius 3 is 2.25 bits per heavy atom. The monoisotopic (exact) mass is 154 g/mol. The van der Waals surface area contributed by atoms with Gasteiger partial charge in [0, 0.05) is 11.6 Å². The van der Waals surface area contributed by atoms with Gasteiger partial charge in [-0.05, 0) is 6.92 Å². The van der Waals surface area contributed by atoms with E-state index in [1.54, 1.807) is 6.92 Å². The molecule has 2 nitrogen and oxygen atoms in total. The van der Waals surface area contributed by atoms with Crippen molar-refractivity contribution in [3.8, 4) is 0 Å². The number of hydrogen-bond acceptors (Lipinski definition) is 2. The normalized spacial score (nSPS) is 11.1. The van der Waals surface area contributed by atoms with E-state index in [-0.39, 0.29) is 0 Å². The molecule has 0 saturated carbocycles. The Bertz CT molecular complexity index is 115. The number of carbonyl (C=O) groups is 1. The van der Waals surface area contributed by atoms with Crippen molar-refractivity contribution in [1.82, 2.24) is 0 Å². The second-order valence-corrected chi connectivity index (χ2v) is 1.96. The van der Waals surface area contributed by atoms with Crippen LogP contribution in [0.25, 0.3) is 0 Å². The van der Waals surface area contributed by atoms with Crippen LogP contribution in [-0.2, 0) is 4.74 Å². The second kappa shape index (κ2) is 3.75. The van der Waals surface area contributed by atoms with Crippen molar-refractivity contribution >= 4 is 28.6 Å². The van der Waals surface area contributed by atoms with Crippen molar-refractivity contribution in [2.45, 2.75) is 6.92 Å². The van der Waals surface area contributed by atoms with Crippen LogP contribution in [0.2, 0.25) is 0 Å². The lowest BCUT2D eigenvalue weighted by atomic mass is 10.7. The molecule has 0 atom stereocenters. The summed E-state index contributed by atoms with van der Waals surface area (Å²) in [5.74, 6) is 0. The molecule has 0 aliphatic rings. The predicted octanol–water partition coefficient (Wildman–Crippen LogP) is 2.46. The fourth-order valence-electron chi connectivity index (χ4n) is 0.128. The van der Waals surface area contributed by atoms with E-state index in [1.165, 1.54) is 0 Å². The minimum Gasteiger partial charge on any atom is -0.421 e. The van der Waals surface area contributed by atoms with Gasteiger partial charge in [0.2, 0.25) is 0 Å². The number of hydrogen-bond donors (Lipinski definition) is 0. The van der Waals surface area contributed by atoms with Gasteiger partial charge in [-0.2, -0.15) is 0 Å². The maximum atomic E-state index is 9.79. The van der Waals surface area contributed by atoms with Crippen LogP contribution >= 0.6 is 23.2 Å². The van der Waals surface area contributed by atoms with Gasteiger partial charge in [-0.1, -0.05) is 11.6 Å². The van der Waals surface area contributed by atoms with E-state index in [4.69, 9.17) is 23.2 Å². The van der Waals surface area contributed by atoms with Crippen LogP contribution in [0.5, 0.6) is 0 Å². The van der Waals surface area contributed by atoms with Crippen LogP contribution in [0.3, 0.4) is 0 Å². The number of ether oxygens (including phenoxy) is 1. The molecule has 4 heteroatoms. The van der Waals surface area contributed by atoms with E-state index in [0.29, 0.717) is 5.03 Å². The fourth-order valence-corrected chi connectivity index (χ4v) is 0.217. The molecule has 0 aliphatic carbocycles. The highest BCUT2D eigenvalue weighted by molar-refractivity contribution is 6.61. The van der Waals surface area contributed by atoms with Crippen LogP contribution in [0, 0.1) is 0 Å². The van der Waals surface area contributed by atoms with E-state index in [2.05, 4.69) is 4.74 Å². The second-order valence-electron chi connectivity index (χ2n) is 1.06. The highest BCUT2D eigenvalue weighted by Gasteiger charge is 1.88. The van der Waals surface area contributed by atoms with Gasteiger partial charge < -0.3 is 4.74 Å². The molecule has 0 unspecified atom stereocenters. The Morgan fingerprint density at radius 1 is 1.62 bits per heavy atom. The summed E-state index contributed by atoms with van der Waals surface area (Å²) in [6.07, 6.45) is 1.07. The quantitative estimate of drug-likeness (QED) is 0.429. The van der Waals surface area contributed by atoms with E-state index < -0.39 is 5.43 Å². The van der Waals surface area contributed by atoms with E-state index in [1.807, 2.05) is 0 Å². The molecular weight excluding hydrogens is 151 g/mol. The molecule has 0 amide bonds. The summed E-state index contributed by atoms with van der Waals surface area (Å²) < 4.78 is 4.14. The summed E-state index contributed by atoms with van der Waals surface area (Å²) in [6.45, 7) is 1.57. The average molecular weight is 155 g/mol. The molecule has 0 N–H and O–H groups in total. The zero-order valence-electron chi connectivity index (χ0n) is 4.15. The van der Waals surface area contributed by atoms with Crippen molar-refractivity contribution in [2.75, 3.05) is 0 Å². The molecule has 0 spiro atoms. The van der Waals surface area contributed by atoms with Crippen LogP contribution in [0.4, 0.5) is 4.79 Å². The molecule has 0 aromatic rings. The Labute approximate surface area is 57.0 Å². The van der Waals surface area contributed by atoms with Crippen molar-refractivity contribution in [3.63, 3.8) is 0 Å². The summed E-state index contributed by atoms with van der Waals surface area (Å²) in [5, 5.41) is 0.374. The molecular formula is C4H4Cl2O2. The van der Waals surface area contributed by atoms with E-state index in [0.717, 1.165) is 6.26 Å². The third-order valence-electron chi connectivity index (χ3n) is 0.314. The minimum absolute atomic E-state index is 0.374. The van der Waals surface area contributed by atoms with E-state index in [9.17, 15) is 4.79 Å². The molecule has 0 aromatic heterocycles. The van der Waals surface area contributed by atoms with E-state index >= 15 is 0 Å². The molecule has 8 heavy (non-hydrogen) atoms. The first kappa shape index (κ1) is 7.79. The van der Waals surface area contributed by atoms with Crippen molar-refractivity contribution < 1.29 is 9.53 Å². The Hall–Kier alpha value is -0.210. The van der Waals surface area contributed by atoms with Crippen LogP contribution in [-0.4, -0.2) is 5.43 Å². The molecule has 0 bridgehead atoms. The topological polar surface area (TPSA) is 26.3 Å². The molecule has 0 aliphatic heterocycles. The third-order valence-corrected chi connectivity index (χ3v) is 0.492. The maximum absolute atomic E-state index is 9.79. The Kier molecular flexibility index (Phi) is 3.65. The van der Waals surface area contributed by atoms with Crippen LogP contribution < -0.4 is 0 Å². The lowest BCUT2D eigenvalue weighted by Crippen LogP contribution is -1.82. The summed E-state index contributed by atoms with van der Waals surface area (Å²) >= 11 is 10.0. The molecule has 46 valence electrons.